The molecule has 146 valence electrons. The van der Waals surface area contributed by atoms with Crippen molar-refractivity contribution in [3.05, 3.63) is 71.5 Å². The molecule has 0 amide bonds. The number of hydrogen-bond donors (Lipinski definition) is 0. The predicted molar refractivity (Wildman–Crippen MR) is 107 cm³/mol. The Bertz CT molecular complexity index is 1130. The molecular formula is C20H17ClFNO4S. The lowest BCUT2D eigenvalue weighted by molar-refractivity contribution is -0.141. The van der Waals surface area contributed by atoms with Crippen LogP contribution in [0.5, 0.6) is 0 Å². The van der Waals surface area contributed by atoms with Crippen LogP contribution < -0.4 is 4.31 Å². The van der Waals surface area contributed by atoms with Crippen molar-refractivity contribution in [1.82, 2.24) is 0 Å². The molecule has 0 fully saturated rings. The summed E-state index contributed by atoms with van der Waals surface area (Å²) in [7, 11) is -4.14. The van der Waals surface area contributed by atoms with Crippen molar-refractivity contribution in [2.45, 2.75) is 11.8 Å². The maximum atomic E-state index is 13.5. The zero-order valence-corrected chi connectivity index (χ0v) is 16.5. The molecular weight excluding hydrogens is 405 g/mol. The fourth-order valence-electron chi connectivity index (χ4n) is 2.73. The maximum Gasteiger partial charge on any atom is 0.326 e. The van der Waals surface area contributed by atoms with Crippen LogP contribution in [0.2, 0.25) is 5.02 Å². The van der Waals surface area contributed by atoms with E-state index in [0.29, 0.717) is 0 Å². The highest BCUT2D eigenvalue weighted by molar-refractivity contribution is 7.92. The lowest BCUT2D eigenvalue weighted by atomic mass is 10.1. The largest absolute Gasteiger partial charge is 0.465 e. The first kappa shape index (κ1) is 20.1. The van der Waals surface area contributed by atoms with Crippen LogP contribution in [0.3, 0.4) is 0 Å². The van der Waals surface area contributed by atoms with Crippen LogP contribution in [0, 0.1) is 5.82 Å². The molecule has 0 saturated heterocycles. The van der Waals surface area contributed by atoms with E-state index >= 15 is 0 Å². The maximum absolute atomic E-state index is 13.5. The Morgan fingerprint density at radius 1 is 1.07 bits per heavy atom. The minimum Gasteiger partial charge on any atom is -0.465 e. The van der Waals surface area contributed by atoms with Crippen LogP contribution in [0.15, 0.2) is 65.6 Å². The Morgan fingerprint density at radius 3 is 2.46 bits per heavy atom. The number of fused-ring (bicyclic) bond motifs is 1. The van der Waals surface area contributed by atoms with Gasteiger partial charge in [-0.2, -0.15) is 0 Å². The quantitative estimate of drug-likeness (QED) is 0.554. The summed E-state index contributed by atoms with van der Waals surface area (Å²) in [6.07, 6.45) is 0. The van der Waals surface area contributed by atoms with Crippen molar-refractivity contribution >= 4 is 44.1 Å². The summed E-state index contributed by atoms with van der Waals surface area (Å²) < 4.78 is 45.9. The second-order valence-corrected chi connectivity index (χ2v) is 8.19. The topological polar surface area (TPSA) is 63.7 Å². The smallest absolute Gasteiger partial charge is 0.326 e. The molecule has 0 aliphatic heterocycles. The van der Waals surface area contributed by atoms with Gasteiger partial charge in [0, 0.05) is 0 Å². The van der Waals surface area contributed by atoms with E-state index < -0.39 is 28.4 Å². The van der Waals surface area contributed by atoms with Crippen molar-refractivity contribution < 1.29 is 22.3 Å². The third kappa shape index (κ3) is 4.10. The molecule has 0 unspecified atom stereocenters. The van der Waals surface area contributed by atoms with Crippen LogP contribution in [0.1, 0.15) is 6.92 Å². The van der Waals surface area contributed by atoms with E-state index in [1.54, 1.807) is 25.1 Å². The number of rotatable bonds is 6. The minimum absolute atomic E-state index is 0.00375. The Hall–Kier alpha value is -2.64. The summed E-state index contributed by atoms with van der Waals surface area (Å²) in [5.74, 6) is -1.42. The lowest BCUT2D eigenvalue weighted by Crippen LogP contribution is -2.36. The Labute approximate surface area is 167 Å². The molecule has 3 aromatic rings. The number of anilines is 1. The van der Waals surface area contributed by atoms with Crippen LogP contribution in [0.4, 0.5) is 10.1 Å². The van der Waals surface area contributed by atoms with E-state index in [1.807, 2.05) is 12.1 Å². The van der Waals surface area contributed by atoms with Gasteiger partial charge in [-0.05, 0) is 48.0 Å². The molecule has 0 N–H and O–H groups in total. The van der Waals surface area contributed by atoms with E-state index in [-0.39, 0.29) is 22.2 Å². The highest BCUT2D eigenvalue weighted by Gasteiger charge is 2.28. The fourth-order valence-corrected chi connectivity index (χ4v) is 4.35. The van der Waals surface area contributed by atoms with Gasteiger partial charge in [0.15, 0.2) is 0 Å². The van der Waals surface area contributed by atoms with Crippen molar-refractivity contribution in [2.75, 3.05) is 17.5 Å². The van der Waals surface area contributed by atoms with Crippen LogP contribution >= 0.6 is 11.6 Å². The third-order valence-electron chi connectivity index (χ3n) is 4.08. The van der Waals surface area contributed by atoms with E-state index in [4.69, 9.17) is 16.3 Å². The van der Waals surface area contributed by atoms with Gasteiger partial charge < -0.3 is 4.74 Å². The molecule has 5 nitrogen and oxygen atoms in total. The Balaban J connectivity index is 2.10. The zero-order chi connectivity index (χ0) is 20.3. The SMILES string of the molecule is CCOC(=O)CN(c1ccc(F)c(Cl)c1)S(=O)(=O)c1ccc2ccccc2c1. The minimum atomic E-state index is -4.14. The average Bonchev–Trinajstić information content (AvgIpc) is 2.68. The first-order chi connectivity index (χ1) is 13.3. The van der Waals surface area contributed by atoms with Crippen LogP contribution in [-0.2, 0) is 19.6 Å². The molecule has 0 saturated carbocycles. The number of ether oxygens (including phenoxy) is 1. The van der Waals surface area contributed by atoms with E-state index in [1.165, 1.54) is 18.2 Å². The van der Waals surface area contributed by atoms with E-state index in [2.05, 4.69) is 0 Å². The highest BCUT2D eigenvalue weighted by Crippen LogP contribution is 2.29. The molecule has 3 aromatic carbocycles. The Kier molecular flexibility index (Phi) is 5.86. The normalized spacial score (nSPS) is 11.4. The molecule has 0 atom stereocenters. The second kappa shape index (κ2) is 8.16. The van der Waals surface area contributed by atoms with Gasteiger partial charge in [0.1, 0.15) is 12.4 Å². The average molecular weight is 422 g/mol. The standard InChI is InChI=1S/C20H17ClFNO4S/c1-2-27-20(24)13-23(16-8-10-19(22)18(21)12-16)28(25,26)17-9-7-14-5-3-4-6-15(14)11-17/h3-12H,2,13H2,1H3. The number of carbonyl (C=O) groups is 1. The van der Waals surface area contributed by atoms with E-state index in [9.17, 15) is 17.6 Å². The molecule has 8 heteroatoms. The number of nitrogens with zero attached hydrogens (tertiary/aromatic N) is 1. The molecule has 0 heterocycles. The first-order valence-corrected chi connectivity index (χ1v) is 10.3. The predicted octanol–water partition coefficient (Wildman–Crippen LogP) is 4.39. The number of carbonyl (C=O) groups excluding carboxylic acids is 1. The molecule has 0 bridgehead atoms. The summed E-state index contributed by atoms with van der Waals surface area (Å²) >= 11 is 5.82. The summed E-state index contributed by atoms with van der Waals surface area (Å²) in [5, 5.41) is 1.36. The summed E-state index contributed by atoms with van der Waals surface area (Å²) in [5.41, 5.74) is 0.0626. The van der Waals surface area contributed by atoms with Crippen molar-refractivity contribution in [2.24, 2.45) is 0 Å². The molecule has 0 aliphatic carbocycles. The number of halogens is 2. The molecule has 0 spiro atoms. The van der Waals surface area contributed by atoms with E-state index in [0.717, 1.165) is 27.2 Å². The van der Waals surface area contributed by atoms with Crippen molar-refractivity contribution in [1.29, 1.82) is 0 Å². The molecule has 3 rings (SSSR count). The monoisotopic (exact) mass is 421 g/mol. The number of hydrogen-bond acceptors (Lipinski definition) is 4. The van der Waals surface area contributed by atoms with Gasteiger partial charge in [-0.15, -0.1) is 0 Å². The number of benzene rings is 3. The van der Waals surface area contributed by atoms with Gasteiger partial charge in [-0.1, -0.05) is 41.9 Å². The van der Waals surface area contributed by atoms with Crippen LogP contribution in [-0.4, -0.2) is 27.5 Å². The first-order valence-electron chi connectivity index (χ1n) is 8.45. The molecule has 0 aromatic heterocycles. The number of sulfonamides is 1. The van der Waals surface area contributed by atoms with Crippen LogP contribution in [0.25, 0.3) is 10.8 Å². The summed E-state index contributed by atoms with van der Waals surface area (Å²) in [6.45, 7) is 1.16. The van der Waals surface area contributed by atoms with Crippen molar-refractivity contribution in [3.63, 3.8) is 0 Å². The highest BCUT2D eigenvalue weighted by atomic mass is 35.5. The summed E-state index contributed by atoms with van der Waals surface area (Å²) in [6, 6.07) is 15.4. The molecule has 28 heavy (non-hydrogen) atoms. The summed E-state index contributed by atoms with van der Waals surface area (Å²) in [4.78, 5) is 12.0. The fraction of sp³-hybridized carbons (Fsp3) is 0.150. The van der Waals surface area contributed by atoms with Gasteiger partial charge in [0.2, 0.25) is 0 Å². The second-order valence-electron chi connectivity index (χ2n) is 5.92. The lowest BCUT2D eigenvalue weighted by Gasteiger charge is -2.24. The number of esters is 1. The molecule has 0 radical (unpaired) electrons. The zero-order valence-electron chi connectivity index (χ0n) is 14.9. The van der Waals surface area contributed by atoms with Crippen molar-refractivity contribution in [3.8, 4) is 0 Å². The van der Waals surface area contributed by atoms with Gasteiger partial charge in [0.05, 0.1) is 22.2 Å². The van der Waals surface area contributed by atoms with Gasteiger partial charge in [0.25, 0.3) is 10.0 Å². The Morgan fingerprint density at radius 2 is 1.79 bits per heavy atom. The molecule has 0 aliphatic rings. The van der Waals surface area contributed by atoms with Gasteiger partial charge >= 0.3 is 5.97 Å². The third-order valence-corrected chi connectivity index (χ3v) is 6.14. The van der Waals surface area contributed by atoms with Gasteiger partial charge in [-0.25, -0.2) is 12.8 Å². The van der Waals surface area contributed by atoms with Gasteiger partial charge in [-0.3, -0.25) is 9.10 Å².